The van der Waals surface area contributed by atoms with E-state index in [-0.39, 0.29) is 11.5 Å². The van der Waals surface area contributed by atoms with Crippen LogP contribution >= 0.6 is 0 Å². The van der Waals surface area contributed by atoms with Gasteiger partial charge in [-0.05, 0) is 99.7 Å². The second-order valence-electron chi connectivity index (χ2n) is 12.0. The maximum absolute atomic E-state index is 12.7. The maximum Gasteiger partial charge on any atom is 0.115 e. The second-order valence-corrected chi connectivity index (χ2v) is 12.0. The number of phenolic OH excluding ortho intramolecular Hbond substituents is 1. The average molecular weight is 500 g/mol. The molecule has 0 bridgehead atoms. The predicted octanol–water partition coefficient (Wildman–Crippen LogP) is 5.06. The van der Waals surface area contributed by atoms with Gasteiger partial charge in [0.05, 0.1) is 5.60 Å². The molecule has 3 unspecified atom stereocenters. The van der Waals surface area contributed by atoms with Crippen LogP contribution in [-0.2, 0) is 11.8 Å². The normalized spacial score (nSPS) is 29.2. The zero-order chi connectivity index (χ0) is 25.6. The van der Waals surface area contributed by atoms with E-state index >= 15 is 0 Å². The molecule has 0 amide bonds. The molecule has 2 N–H and O–H groups in total. The molecule has 3 aliphatic rings. The van der Waals surface area contributed by atoms with E-state index in [1.165, 1.54) is 29.2 Å². The molecule has 196 valence electrons. The van der Waals surface area contributed by atoms with E-state index in [1.54, 1.807) is 6.07 Å². The van der Waals surface area contributed by atoms with Gasteiger partial charge in [-0.25, -0.2) is 0 Å². The van der Waals surface area contributed by atoms with E-state index < -0.39 is 5.60 Å². The number of fused-ring (bicyclic) bond motifs is 2. The van der Waals surface area contributed by atoms with Crippen molar-refractivity contribution in [3.8, 4) is 5.75 Å². The largest absolute Gasteiger partial charge is 0.508 e. The summed E-state index contributed by atoms with van der Waals surface area (Å²) in [4.78, 5) is 9.82. The Balaban J connectivity index is 1.27. The van der Waals surface area contributed by atoms with E-state index in [4.69, 9.17) is 4.98 Å². The van der Waals surface area contributed by atoms with Crippen LogP contribution in [0.5, 0.6) is 5.75 Å². The van der Waals surface area contributed by atoms with E-state index in [9.17, 15) is 10.2 Å². The summed E-state index contributed by atoms with van der Waals surface area (Å²) in [6.45, 7) is 9.27. The molecule has 1 aliphatic carbocycles. The van der Waals surface area contributed by atoms with Gasteiger partial charge < -0.3 is 15.1 Å². The van der Waals surface area contributed by atoms with Gasteiger partial charge in [0.2, 0.25) is 0 Å². The molecule has 3 aromatic rings. The third-order valence-electron chi connectivity index (χ3n) is 9.86. The number of nitrogens with zero attached hydrogens (tertiary/aromatic N) is 3. The summed E-state index contributed by atoms with van der Waals surface area (Å²) in [6.07, 6.45) is 8.13. The molecule has 2 aromatic carbocycles. The number of aromatic hydroxyl groups is 1. The minimum atomic E-state index is -0.839. The Morgan fingerprint density at radius 2 is 1.73 bits per heavy atom. The Bertz CT molecular complexity index is 1270. The quantitative estimate of drug-likeness (QED) is 0.496. The number of hydrogen-bond acceptors (Lipinski definition) is 5. The highest BCUT2D eigenvalue weighted by atomic mass is 16.3. The Kier molecular flexibility index (Phi) is 6.50. The lowest BCUT2D eigenvalue weighted by Gasteiger charge is -2.58. The summed E-state index contributed by atoms with van der Waals surface area (Å²) < 4.78 is 0. The lowest BCUT2D eigenvalue weighted by molar-refractivity contribution is -0.136. The highest BCUT2D eigenvalue weighted by Crippen LogP contribution is 2.53. The van der Waals surface area contributed by atoms with Gasteiger partial charge in [-0.2, -0.15) is 0 Å². The van der Waals surface area contributed by atoms with Gasteiger partial charge in [0.25, 0.3) is 0 Å². The molecular weight excluding hydrogens is 458 g/mol. The number of phenols is 1. The van der Waals surface area contributed by atoms with Crippen molar-refractivity contribution in [1.82, 2.24) is 14.8 Å². The molecular formula is C32H41N3O2. The van der Waals surface area contributed by atoms with Crippen LogP contribution in [0, 0.1) is 12.8 Å². The van der Waals surface area contributed by atoms with Gasteiger partial charge in [0.1, 0.15) is 5.75 Å². The first-order chi connectivity index (χ1) is 17.9. The number of piperidine rings is 1. The van der Waals surface area contributed by atoms with Crippen molar-refractivity contribution in [1.29, 1.82) is 0 Å². The zero-order valence-corrected chi connectivity index (χ0v) is 22.4. The number of rotatable bonds is 6. The van der Waals surface area contributed by atoms with E-state index in [0.717, 1.165) is 75.6 Å². The van der Waals surface area contributed by atoms with Crippen molar-refractivity contribution in [2.75, 3.05) is 32.7 Å². The van der Waals surface area contributed by atoms with Gasteiger partial charge >= 0.3 is 0 Å². The van der Waals surface area contributed by atoms with E-state index in [2.05, 4.69) is 54.0 Å². The van der Waals surface area contributed by atoms with Crippen LogP contribution in [-0.4, -0.2) is 69.4 Å². The summed E-state index contributed by atoms with van der Waals surface area (Å²) in [5.74, 6) is 1.10. The van der Waals surface area contributed by atoms with Crippen molar-refractivity contribution in [3.63, 3.8) is 0 Å². The number of aromatic nitrogens is 1. The fourth-order valence-electron chi connectivity index (χ4n) is 7.30. The molecule has 3 fully saturated rings. The van der Waals surface area contributed by atoms with Crippen LogP contribution in [0.1, 0.15) is 55.8 Å². The van der Waals surface area contributed by atoms with Crippen molar-refractivity contribution in [2.45, 2.75) is 69.4 Å². The molecule has 3 heterocycles. The summed E-state index contributed by atoms with van der Waals surface area (Å²) >= 11 is 0. The van der Waals surface area contributed by atoms with Crippen molar-refractivity contribution < 1.29 is 10.2 Å². The second kappa shape index (κ2) is 9.68. The molecule has 2 saturated heterocycles. The van der Waals surface area contributed by atoms with Gasteiger partial charge in [-0.15, -0.1) is 0 Å². The molecule has 6 rings (SSSR count). The molecule has 37 heavy (non-hydrogen) atoms. The average Bonchev–Trinajstić information content (AvgIpc) is 3.74. The fraction of sp³-hybridized carbons (Fsp3) is 0.531. The highest BCUT2D eigenvalue weighted by Gasteiger charge is 2.59. The van der Waals surface area contributed by atoms with Crippen LogP contribution in [0.3, 0.4) is 0 Å². The molecule has 0 spiro atoms. The summed E-state index contributed by atoms with van der Waals surface area (Å²) in [6, 6.07) is 16.5. The molecule has 2 aliphatic heterocycles. The zero-order valence-electron chi connectivity index (χ0n) is 22.4. The first kappa shape index (κ1) is 24.8. The molecule has 5 nitrogen and oxygen atoms in total. The van der Waals surface area contributed by atoms with Crippen LogP contribution in [0.2, 0.25) is 0 Å². The van der Waals surface area contributed by atoms with Gasteiger partial charge in [0, 0.05) is 54.8 Å². The first-order valence-electron chi connectivity index (χ1n) is 14.2. The van der Waals surface area contributed by atoms with Gasteiger partial charge in [-0.3, -0.25) is 9.88 Å². The Hall–Kier alpha value is -2.47. The number of aryl methyl sites for hydroxylation is 1. The molecule has 0 radical (unpaired) electrons. The lowest BCUT2D eigenvalue weighted by Crippen LogP contribution is -2.68. The third kappa shape index (κ3) is 4.56. The molecule has 3 atom stereocenters. The van der Waals surface area contributed by atoms with Crippen molar-refractivity contribution >= 4 is 10.8 Å². The summed E-state index contributed by atoms with van der Waals surface area (Å²) in [5.41, 5.74) is 2.25. The SMILES string of the molecule is Cc1ccc(O)cc1C12CCN(CCc3cc4ccccc4cn3)CCC1(O)C(C)N(CC1CC1)CC2. The van der Waals surface area contributed by atoms with Gasteiger partial charge in [0.15, 0.2) is 0 Å². The van der Waals surface area contributed by atoms with Crippen LogP contribution in [0.15, 0.2) is 54.7 Å². The number of likely N-dealkylation sites (tertiary alicyclic amines) is 2. The Morgan fingerprint density at radius 3 is 2.54 bits per heavy atom. The maximum atomic E-state index is 12.7. The summed E-state index contributed by atoms with van der Waals surface area (Å²) in [7, 11) is 0. The standard InChI is InChI=1S/C32H41N3O2/c1-23-7-10-29(36)20-30(23)31-12-16-34(15-11-28-19-26-5-3-4-6-27(26)21-33-28)17-14-32(31,37)24(2)35(18-13-31)22-25-8-9-25/h3-7,10,19-21,24-25,36-37H,8-9,11-18,22H2,1-2H3. The Labute approximate surface area is 221 Å². The minimum absolute atomic E-state index is 0.0886. The molecule has 5 heteroatoms. The molecule has 1 aromatic heterocycles. The Morgan fingerprint density at radius 1 is 0.973 bits per heavy atom. The summed E-state index contributed by atoms with van der Waals surface area (Å²) in [5, 5.41) is 25.6. The van der Waals surface area contributed by atoms with Gasteiger partial charge in [-0.1, -0.05) is 30.3 Å². The number of hydrogen-bond donors (Lipinski definition) is 2. The van der Waals surface area contributed by atoms with Crippen LogP contribution in [0.25, 0.3) is 10.8 Å². The molecule has 1 saturated carbocycles. The van der Waals surface area contributed by atoms with Crippen LogP contribution in [0.4, 0.5) is 0 Å². The minimum Gasteiger partial charge on any atom is -0.508 e. The third-order valence-corrected chi connectivity index (χ3v) is 9.86. The van der Waals surface area contributed by atoms with E-state index in [0.29, 0.717) is 5.75 Å². The predicted molar refractivity (Wildman–Crippen MR) is 149 cm³/mol. The van der Waals surface area contributed by atoms with E-state index in [1.807, 2.05) is 18.3 Å². The smallest absolute Gasteiger partial charge is 0.115 e. The fourth-order valence-corrected chi connectivity index (χ4v) is 7.30. The topological polar surface area (TPSA) is 59.8 Å². The van der Waals surface area contributed by atoms with Crippen LogP contribution < -0.4 is 0 Å². The highest BCUT2D eigenvalue weighted by molar-refractivity contribution is 5.81. The number of benzene rings is 2. The lowest BCUT2D eigenvalue weighted by atomic mass is 9.57. The monoisotopic (exact) mass is 499 g/mol. The first-order valence-corrected chi connectivity index (χ1v) is 14.2. The van der Waals surface area contributed by atoms with Crippen molar-refractivity contribution in [3.05, 3.63) is 71.5 Å². The number of pyridine rings is 1. The number of aliphatic hydroxyl groups is 1. The van der Waals surface area contributed by atoms with Crippen molar-refractivity contribution in [2.24, 2.45) is 5.92 Å².